The minimum Gasteiger partial charge on any atom is -0.444 e. The number of benzene rings is 2. The van der Waals surface area contributed by atoms with Crippen molar-refractivity contribution in [3.05, 3.63) is 58.6 Å². The van der Waals surface area contributed by atoms with Crippen LogP contribution in [-0.2, 0) is 20.9 Å². The molecule has 0 saturated carbocycles. The maximum atomic E-state index is 13.7. The molecule has 1 atom stereocenters. The molecule has 3 N–H and O–H groups in total. The van der Waals surface area contributed by atoms with Gasteiger partial charge in [0.15, 0.2) is 0 Å². The van der Waals surface area contributed by atoms with Crippen LogP contribution in [0.3, 0.4) is 0 Å². The van der Waals surface area contributed by atoms with Gasteiger partial charge < -0.3 is 15.0 Å². The first-order chi connectivity index (χ1) is 17.5. The third kappa shape index (κ3) is 8.13. The van der Waals surface area contributed by atoms with Gasteiger partial charge in [-0.1, -0.05) is 30.7 Å². The molecule has 1 aliphatic rings. The fourth-order valence-corrected chi connectivity index (χ4v) is 4.70. The molecule has 2 aromatic rings. The number of hydrogen-bond acceptors (Lipinski definition) is 6. The number of anilines is 1. The van der Waals surface area contributed by atoms with Crippen molar-refractivity contribution < 1.29 is 23.9 Å². The van der Waals surface area contributed by atoms with Gasteiger partial charge in [0, 0.05) is 27.7 Å². The zero-order valence-corrected chi connectivity index (χ0v) is 22.8. The van der Waals surface area contributed by atoms with Crippen molar-refractivity contribution in [3.63, 3.8) is 0 Å². The molecule has 3 rings (SSSR count). The Morgan fingerprint density at radius 3 is 2.46 bits per heavy atom. The van der Waals surface area contributed by atoms with Crippen molar-refractivity contribution in [2.75, 3.05) is 10.7 Å². The second-order valence-electron chi connectivity index (χ2n) is 9.50. The highest BCUT2D eigenvalue weighted by Crippen LogP contribution is 2.36. The van der Waals surface area contributed by atoms with E-state index in [4.69, 9.17) is 16.3 Å². The minimum atomic E-state index is -0.856. The third-order valence-electron chi connectivity index (χ3n) is 5.22. The average molecular weight is 547 g/mol. The van der Waals surface area contributed by atoms with Crippen molar-refractivity contribution in [2.24, 2.45) is 0 Å². The summed E-state index contributed by atoms with van der Waals surface area (Å²) < 4.78 is 5.36. The second kappa shape index (κ2) is 12.3. The van der Waals surface area contributed by atoms with Crippen LogP contribution in [0.25, 0.3) is 0 Å². The molecule has 0 saturated heterocycles. The number of carbonyl (C=O) groups is 4. The number of hydrogen-bond donors (Lipinski definition) is 3. The highest BCUT2D eigenvalue weighted by atomic mass is 35.5. The predicted molar refractivity (Wildman–Crippen MR) is 143 cm³/mol. The van der Waals surface area contributed by atoms with E-state index in [1.165, 1.54) is 16.7 Å². The van der Waals surface area contributed by atoms with Crippen LogP contribution in [0.5, 0.6) is 0 Å². The smallest absolute Gasteiger partial charge is 0.408 e. The molecule has 2 aromatic carbocycles. The van der Waals surface area contributed by atoms with Gasteiger partial charge in [-0.25, -0.2) is 4.79 Å². The number of halogens is 1. The Bertz CT molecular complexity index is 1170. The van der Waals surface area contributed by atoms with Crippen molar-refractivity contribution >= 4 is 52.9 Å². The number of alkyl carbamates (subject to hydrolysis) is 1. The first-order valence-corrected chi connectivity index (χ1v) is 13.2. The second-order valence-corrected chi connectivity index (χ2v) is 11.0. The molecule has 198 valence electrons. The van der Waals surface area contributed by atoms with E-state index in [0.29, 0.717) is 17.1 Å². The fraction of sp³-hybridized carbons (Fsp3) is 0.385. The number of carbonyl (C=O) groups excluding carboxylic acids is 4. The maximum Gasteiger partial charge on any atom is 0.408 e. The normalized spacial score (nSPS) is 15.3. The van der Waals surface area contributed by atoms with Crippen LogP contribution >= 0.6 is 23.4 Å². The quantitative estimate of drug-likeness (QED) is 0.461. The van der Waals surface area contributed by atoms with E-state index < -0.39 is 23.6 Å². The number of nitrogens with one attached hydrogen (secondary N) is 3. The molecule has 1 heterocycles. The monoisotopic (exact) mass is 546 g/mol. The summed E-state index contributed by atoms with van der Waals surface area (Å²) in [6.45, 7) is 7.29. The molecule has 0 unspecified atom stereocenters. The number of nitrogens with zero attached hydrogens (tertiary/aromatic N) is 1. The number of fused-ring (bicyclic) bond motifs is 1. The van der Waals surface area contributed by atoms with Gasteiger partial charge in [-0.3, -0.25) is 25.2 Å². The largest absolute Gasteiger partial charge is 0.444 e. The fourth-order valence-electron chi connectivity index (χ4n) is 3.52. The lowest BCUT2D eigenvalue weighted by Gasteiger charge is -2.27. The van der Waals surface area contributed by atoms with Crippen LogP contribution in [0.2, 0.25) is 5.02 Å². The zero-order chi connectivity index (χ0) is 27.2. The molecule has 0 spiro atoms. The lowest BCUT2D eigenvalue weighted by molar-refractivity contribution is -0.122. The molecule has 37 heavy (non-hydrogen) atoms. The van der Waals surface area contributed by atoms with E-state index in [-0.39, 0.29) is 36.1 Å². The number of ether oxygens (including phenoxy) is 1. The zero-order valence-electron chi connectivity index (χ0n) is 21.2. The van der Waals surface area contributed by atoms with Crippen molar-refractivity contribution in [1.82, 2.24) is 16.2 Å². The molecule has 0 bridgehead atoms. The summed E-state index contributed by atoms with van der Waals surface area (Å²) in [5, 5.41) is 3.25. The van der Waals surface area contributed by atoms with E-state index in [9.17, 15) is 19.2 Å². The number of rotatable bonds is 6. The summed E-state index contributed by atoms with van der Waals surface area (Å²) in [4.78, 5) is 53.0. The molecule has 1 aliphatic heterocycles. The highest BCUT2D eigenvalue weighted by molar-refractivity contribution is 7.99. The standard InChI is InChI=1S/C26H31ClN4O5S/c1-5-6-22(32)29-30-23(33)17-9-12-21-20(13-17)31(14-16-7-10-18(27)11-8-16)24(34)19(15-37-21)28-25(35)36-26(2,3)4/h7-13,19H,5-6,14-15H2,1-4H3,(H,28,35)(H,29,32)(H,30,33)/t19-/m0/s1. The molecule has 0 aromatic heterocycles. The van der Waals surface area contributed by atoms with E-state index in [1.807, 2.05) is 19.1 Å². The van der Waals surface area contributed by atoms with Gasteiger partial charge in [0.2, 0.25) is 5.91 Å². The SMILES string of the molecule is CCCC(=O)NNC(=O)c1ccc2c(c1)N(Cc1ccc(Cl)cc1)C(=O)[C@@H](NC(=O)OC(C)(C)C)CS2. The summed E-state index contributed by atoms with van der Waals surface area (Å²) in [6, 6.07) is 11.2. The molecule has 0 radical (unpaired) electrons. The summed E-state index contributed by atoms with van der Waals surface area (Å²) >= 11 is 7.42. The maximum absolute atomic E-state index is 13.7. The van der Waals surface area contributed by atoms with Gasteiger partial charge in [-0.2, -0.15) is 0 Å². The third-order valence-corrected chi connectivity index (χ3v) is 6.63. The Labute approximate surface area is 225 Å². The molecular formula is C26H31ClN4O5S. The first kappa shape index (κ1) is 28.3. The number of amides is 4. The molecule has 11 heteroatoms. The Morgan fingerprint density at radius 2 is 1.81 bits per heavy atom. The van der Waals surface area contributed by atoms with Crippen molar-refractivity contribution in [1.29, 1.82) is 0 Å². The number of hydrazine groups is 1. The van der Waals surface area contributed by atoms with E-state index in [2.05, 4.69) is 16.2 Å². The summed E-state index contributed by atoms with van der Waals surface area (Å²) in [5.41, 5.74) is 5.68. The topological polar surface area (TPSA) is 117 Å². The van der Waals surface area contributed by atoms with Gasteiger partial charge in [0.25, 0.3) is 11.8 Å². The first-order valence-electron chi connectivity index (χ1n) is 11.9. The van der Waals surface area contributed by atoms with Crippen molar-refractivity contribution in [2.45, 2.75) is 63.6 Å². The Morgan fingerprint density at radius 1 is 1.11 bits per heavy atom. The van der Waals surface area contributed by atoms with Gasteiger partial charge in [0.1, 0.15) is 11.6 Å². The highest BCUT2D eigenvalue weighted by Gasteiger charge is 2.33. The Hall–Kier alpha value is -3.24. The molecular weight excluding hydrogens is 516 g/mol. The van der Waals surface area contributed by atoms with Crippen LogP contribution < -0.4 is 21.1 Å². The van der Waals surface area contributed by atoms with Crippen LogP contribution in [-0.4, -0.2) is 41.2 Å². The Balaban J connectivity index is 1.91. The van der Waals surface area contributed by atoms with Crippen LogP contribution in [0.1, 0.15) is 56.5 Å². The summed E-state index contributed by atoms with van der Waals surface area (Å²) in [5.74, 6) is -0.873. The predicted octanol–water partition coefficient (Wildman–Crippen LogP) is 4.43. The van der Waals surface area contributed by atoms with Crippen LogP contribution in [0.4, 0.5) is 10.5 Å². The lowest BCUT2D eigenvalue weighted by atomic mass is 10.1. The minimum absolute atomic E-state index is 0.189. The summed E-state index contributed by atoms with van der Waals surface area (Å²) in [6.07, 6.45) is 0.251. The van der Waals surface area contributed by atoms with Gasteiger partial charge >= 0.3 is 6.09 Å². The average Bonchev–Trinajstić information content (AvgIpc) is 2.95. The molecule has 4 amide bonds. The summed E-state index contributed by atoms with van der Waals surface area (Å²) in [7, 11) is 0. The molecule has 9 nitrogen and oxygen atoms in total. The van der Waals surface area contributed by atoms with Gasteiger partial charge in [0.05, 0.1) is 12.2 Å². The Kier molecular flexibility index (Phi) is 9.45. The van der Waals surface area contributed by atoms with Gasteiger partial charge in [-0.05, 0) is 63.1 Å². The lowest BCUT2D eigenvalue weighted by Crippen LogP contribution is -2.50. The van der Waals surface area contributed by atoms with E-state index in [0.717, 1.165) is 10.5 Å². The van der Waals surface area contributed by atoms with Crippen molar-refractivity contribution in [3.8, 4) is 0 Å². The molecule has 0 aliphatic carbocycles. The van der Waals surface area contributed by atoms with Crippen LogP contribution in [0, 0.1) is 0 Å². The van der Waals surface area contributed by atoms with Gasteiger partial charge in [-0.15, -0.1) is 11.8 Å². The van der Waals surface area contributed by atoms with E-state index in [1.54, 1.807) is 51.1 Å². The van der Waals surface area contributed by atoms with Crippen LogP contribution in [0.15, 0.2) is 47.4 Å². The number of thioether (sulfide) groups is 1. The molecule has 0 fully saturated rings. The van der Waals surface area contributed by atoms with E-state index >= 15 is 0 Å².